The van der Waals surface area contributed by atoms with E-state index in [1.807, 2.05) is 59.3 Å². The predicted molar refractivity (Wildman–Crippen MR) is 113 cm³/mol. The maximum atomic E-state index is 13.0. The van der Waals surface area contributed by atoms with Crippen molar-refractivity contribution < 1.29 is 9.90 Å². The first-order valence-electron chi connectivity index (χ1n) is 9.50. The van der Waals surface area contributed by atoms with E-state index in [1.165, 1.54) is 0 Å². The first-order chi connectivity index (χ1) is 14.0. The van der Waals surface area contributed by atoms with Gasteiger partial charge >= 0.3 is 5.97 Å². The minimum Gasteiger partial charge on any atom is -0.480 e. The van der Waals surface area contributed by atoms with Crippen molar-refractivity contribution in [2.75, 3.05) is 0 Å². The summed E-state index contributed by atoms with van der Waals surface area (Å²) in [5, 5.41) is 9.91. The molecule has 1 unspecified atom stereocenters. The van der Waals surface area contributed by atoms with Crippen molar-refractivity contribution in [3.8, 4) is 11.3 Å². The van der Waals surface area contributed by atoms with Crippen LogP contribution >= 0.6 is 0 Å². The van der Waals surface area contributed by atoms with E-state index >= 15 is 0 Å². The molecule has 0 amide bonds. The topological polar surface area (TPSA) is 103 Å². The number of para-hydroxylation sites is 3. The summed E-state index contributed by atoms with van der Waals surface area (Å²) in [5.74, 6) is -0.994. The molecule has 0 spiro atoms. The number of benzene rings is 2. The lowest BCUT2D eigenvalue weighted by Gasteiger charge is -2.08. The lowest BCUT2D eigenvalue weighted by atomic mass is 10.1. The Labute approximate surface area is 167 Å². The molecule has 4 rings (SSSR count). The van der Waals surface area contributed by atoms with Crippen LogP contribution in [0.2, 0.25) is 0 Å². The highest BCUT2D eigenvalue weighted by Crippen LogP contribution is 2.29. The van der Waals surface area contributed by atoms with Gasteiger partial charge in [0, 0.05) is 36.3 Å². The molecule has 0 radical (unpaired) electrons. The smallest absolute Gasteiger partial charge is 0.320 e. The molecule has 0 saturated heterocycles. The van der Waals surface area contributed by atoms with Gasteiger partial charge < -0.3 is 20.0 Å². The third-order valence-corrected chi connectivity index (χ3v) is 5.26. The quantitative estimate of drug-likeness (QED) is 0.527. The zero-order valence-electron chi connectivity index (χ0n) is 16.1. The first kappa shape index (κ1) is 18.9. The number of aromatic nitrogens is 3. The van der Waals surface area contributed by atoms with Crippen LogP contribution in [0, 0.1) is 0 Å². The molecule has 0 saturated carbocycles. The summed E-state index contributed by atoms with van der Waals surface area (Å²) in [6.07, 6.45) is 2.93. The van der Waals surface area contributed by atoms with E-state index in [0.717, 1.165) is 27.5 Å². The van der Waals surface area contributed by atoms with Crippen molar-refractivity contribution in [3.05, 3.63) is 65.1 Å². The number of hydrogen-bond donors (Lipinski definition) is 2. The summed E-state index contributed by atoms with van der Waals surface area (Å²) in [5.41, 5.74) is 9.16. The number of hydrogen-bond acceptors (Lipinski definition) is 4. The molecule has 0 aliphatic rings. The normalized spacial score (nSPS) is 12.5. The Morgan fingerprint density at radius 1 is 1.14 bits per heavy atom. The minimum atomic E-state index is -0.994. The van der Waals surface area contributed by atoms with Crippen LogP contribution < -0.4 is 11.3 Å². The zero-order valence-corrected chi connectivity index (χ0v) is 16.1. The standard InChI is InChI=1S/C22H22N4O3/c1-25-19-11-5-3-9-17(19)24-20(21(25)27)15-13-26(12-6-8-16(23)22(28)29)18-10-4-2-7-14(15)18/h2-5,7,9-11,13,16H,6,8,12,23H2,1H3,(H,28,29). The molecule has 7 nitrogen and oxygen atoms in total. The highest BCUT2D eigenvalue weighted by molar-refractivity contribution is 5.95. The Morgan fingerprint density at radius 2 is 1.83 bits per heavy atom. The van der Waals surface area contributed by atoms with Crippen molar-refractivity contribution in [1.82, 2.24) is 14.1 Å². The molecule has 7 heteroatoms. The molecular formula is C22H22N4O3. The van der Waals surface area contributed by atoms with Crippen molar-refractivity contribution in [3.63, 3.8) is 0 Å². The number of carbonyl (C=O) groups is 1. The van der Waals surface area contributed by atoms with Crippen molar-refractivity contribution in [1.29, 1.82) is 0 Å². The molecule has 29 heavy (non-hydrogen) atoms. The number of nitrogens with two attached hydrogens (primary N) is 1. The molecule has 148 valence electrons. The van der Waals surface area contributed by atoms with E-state index in [1.54, 1.807) is 11.6 Å². The fourth-order valence-electron chi connectivity index (χ4n) is 3.68. The third kappa shape index (κ3) is 3.40. The maximum absolute atomic E-state index is 13.0. The second-order valence-corrected chi connectivity index (χ2v) is 7.15. The van der Waals surface area contributed by atoms with Gasteiger partial charge in [-0.1, -0.05) is 30.3 Å². The third-order valence-electron chi connectivity index (χ3n) is 5.26. The molecule has 1 atom stereocenters. The van der Waals surface area contributed by atoms with E-state index in [9.17, 15) is 9.59 Å². The van der Waals surface area contributed by atoms with Crippen LogP contribution in [0.15, 0.2) is 59.5 Å². The van der Waals surface area contributed by atoms with E-state index in [-0.39, 0.29) is 5.56 Å². The molecule has 2 aromatic carbocycles. The van der Waals surface area contributed by atoms with Crippen LogP contribution in [0.25, 0.3) is 33.2 Å². The molecule has 4 aromatic rings. The van der Waals surface area contributed by atoms with Gasteiger partial charge in [-0.3, -0.25) is 9.59 Å². The molecule has 2 heterocycles. The Morgan fingerprint density at radius 3 is 2.59 bits per heavy atom. The number of carboxylic acids is 1. The highest BCUT2D eigenvalue weighted by atomic mass is 16.4. The second-order valence-electron chi connectivity index (χ2n) is 7.15. The molecule has 0 fully saturated rings. The molecule has 3 N–H and O–H groups in total. The van der Waals surface area contributed by atoms with Crippen molar-refractivity contribution in [2.24, 2.45) is 12.8 Å². The summed E-state index contributed by atoms with van der Waals surface area (Å²) >= 11 is 0. The molecule has 0 bridgehead atoms. The van der Waals surface area contributed by atoms with E-state index in [0.29, 0.717) is 25.1 Å². The van der Waals surface area contributed by atoms with Gasteiger partial charge in [-0.15, -0.1) is 0 Å². The van der Waals surface area contributed by atoms with Crippen LogP contribution in [0.5, 0.6) is 0 Å². The van der Waals surface area contributed by atoms with Gasteiger partial charge in [0.2, 0.25) is 0 Å². The molecular weight excluding hydrogens is 368 g/mol. The Kier molecular flexibility index (Phi) is 4.90. The van der Waals surface area contributed by atoms with E-state index in [4.69, 9.17) is 10.8 Å². The van der Waals surface area contributed by atoms with Gasteiger partial charge in [-0.2, -0.15) is 0 Å². The van der Waals surface area contributed by atoms with Crippen LogP contribution in [-0.2, 0) is 18.4 Å². The van der Waals surface area contributed by atoms with E-state index < -0.39 is 12.0 Å². The monoisotopic (exact) mass is 390 g/mol. The number of aryl methyl sites for hydroxylation is 2. The van der Waals surface area contributed by atoms with Crippen molar-refractivity contribution >= 4 is 27.9 Å². The molecule has 2 aromatic heterocycles. The number of fused-ring (bicyclic) bond motifs is 2. The number of aliphatic carboxylic acids is 1. The lowest BCUT2D eigenvalue weighted by Crippen LogP contribution is -2.30. The Bertz CT molecular complexity index is 1270. The fourth-order valence-corrected chi connectivity index (χ4v) is 3.68. The van der Waals surface area contributed by atoms with Crippen LogP contribution in [-0.4, -0.2) is 31.2 Å². The van der Waals surface area contributed by atoms with Crippen LogP contribution in [0.4, 0.5) is 0 Å². The van der Waals surface area contributed by atoms with E-state index in [2.05, 4.69) is 4.98 Å². The molecule has 0 aliphatic heterocycles. The number of rotatable bonds is 6. The SMILES string of the molecule is Cn1c(=O)c(-c2cn(CCCC(N)C(=O)O)c3ccccc23)nc2ccccc21. The highest BCUT2D eigenvalue weighted by Gasteiger charge is 2.17. The predicted octanol–water partition coefficient (Wildman–Crippen LogP) is 2.75. The summed E-state index contributed by atoms with van der Waals surface area (Å²) in [6, 6.07) is 14.5. The first-order valence-corrected chi connectivity index (χ1v) is 9.50. The fraction of sp³-hybridized carbons (Fsp3) is 0.227. The minimum absolute atomic E-state index is 0.153. The summed E-state index contributed by atoms with van der Waals surface area (Å²) in [7, 11) is 1.75. The largest absolute Gasteiger partial charge is 0.480 e. The zero-order chi connectivity index (χ0) is 20.5. The van der Waals surface area contributed by atoms with Crippen molar-refractivity contribution in [2.45, 2.75) is 25.4 Å². The van der Waals surface area contributed by atoms with Crippen LogP contribution in [0.1, 0.15) is 12.8 Å². The van der Waals surface area contributed by atoms with Gasteiger partial charge in [0.15, 0.2) is 0 Å². The Balaban J connectivity index is 1.79. The maximum Gasteiger partial charge on any atom is 0.320 e. The summed E-state index contributed by atoms with van der Waals surface area (Å²) < 4.78 is 3.66. The van der Waals surface area contributed by atoms with Gasteiger partial charge in [0.25, 0.3) is 5.56 Å². The molecule has 0 aliphatic carbocycles. The van der Waals surface area contributed by atoms with Gasteiger partial charge in [0.05, 0.1) is 11.0 Å². The lowest BCUT2D eigenvalue weighted by molar-refractivity contribution is -0.138. The van der Waals surface area contributed by atoms with Gasteiger partial charge in [0.1, 0.15) is 11.7 Å². The number of carboxylic acid groups (broad SMARTS) is 1. The average Bonchev–Trinajstić information content (AvgIpc) is 3.09. The van der Waals surface area contributed by atoms with Crippen LogP contribution in [0.3, 0.4) is 0 Å². The van der Waals surface area contributed by atoms with Gasteiger partial charge in [-0.25, -0.2) is 4.98 Å². The summed E-state index contributed by atoms with van der Waals surface area (Å²) in [4.78, 5) is 28.6. The average molecular weight is 390 g/mol. The summed E-state index contributed by atoms with van der Waals surface area (Å²) in [6.45, 7) is 0.607. The van der Waals surface area contributed by atoms with Gasteiger partial charge in [-0.05, 0) is 31.0 Å². The Hall–Kier alpha value is -3.45. The second kappa shape index (κ2) is 7.52. The number of nitrogens with zero attached hydrogens (tertiary/aromatic N) is 3.